The Kier molecular flexibility index (Phi) is 5.97. The van der Waals surface area contributed by atoms with Crippen LogP contribution in [0, 0.1) is 0 Å². The molecular formula is C12H17ClN2O2. The molecule has 1 aromatic carbocycles. The zero-order valence-electron chi connectivity index (χ0n) is 9.78. The van der Waals surface area contributed by atoms with Gasteiger partial charge in [-0.2, -0.15) is 0 Å². The van der Waals surface area contributed by atoms with E-state index in [9.17, 15) is 4.79 Å². The summed E-state index contributed by atoms with van der Waals surface area (Å²) in [5, 5.41) is 0.694. The molecule has 3 N–H and O–H groups in total. The molecule has 94 valence electrons. The fraction of sp³-hybridized carbons (Fsp3) is 0.417. The topological polar surface area (TPSA) is 64.4 Å². The molecule has 0 spiro atoms. The van der Waals surface area contributed by atoms with Crippen molar-refractivity contribution in [2.24, 2.45) is 5.84 Å². The van der Waals surface area contributed by atoms with Gasteiger partial charge in [-0.25, -0.2) is 5.84 Å². The van der Waals surface area contributed by atoms with Crippen LogP contribution in [0.4, 0.5) is 0 Å². The zero-order valence-corrected chi connectivity index (χ0v) is 10.5. The number of carbonyl (C=O) groups is 1. The first-order valence-corrected chi connectivity index (χ1v) is 5.85. The summed E-state index contributed by atoms with van der Waals surface area (Å²) < 4.78 is 5.60. The summed E-state index contributed by atoms with van der Waals surface area (Å²) in [5.41, 5.74) is 3.04. The smallest absolute Gasteiger partial charge is 0.233 e. The highest BCUT2D eigenvalue weighted by Gasteiger charge is 2.07. The van der Waals surface area contributed by atoms with E-state index in [0.29, 0.717) is 24.5 Å². The van der Waals surface area contributed by atoms with Crippen LogP contribution >= 0.6 is 11.6 Å². The molecule has 1 atom stereocenters. The van der Waals surface area contributed by atoms with Gasteiger partial charge in [0, 0.05) is 11.4 Å². The Morgan fingerprint density at radius 3 is 2.88 bits per heavy atom. The highest BCUT2D eigenvalue weighted by atomic mass is 35.5. The number of halogens is 1. The molecule has 1 amide bonds. The van der Waals surface area contributed by atoms with Crippen LogP contribution in [-0.4, -0.2) is 12.0 Å². The summed E-state index contributed by atoms with van der Waals surface area (Å²) in [7, 11) is 0. The van der Waals surface area contributed by atoms with Crippen LogP contribution in [0.15, 0.2) is 24.3 Å². The first-order valence-electron chi connectivity index (χ1n) is 5.48. The molecule has 0 aliphatic rings. The molecule has 0 fully saturated rings. The SMILES string of the molecule is CC(CCC(=O)NN)OCc1ccccc1Cl. The van der Waals surface area contributed by atoms with Gasteiger partial charge in [0.25, 0.3) is 0 Å². The fourth-order valence-electron chi connectivity index (χ4n) is 1.34. The maximum atomic E-state index is 10.9. The Morgan fingerprint density at radius 1 is 1.53 bits per heavy atom. The highest BCUT2D eigenvalue weighted by Crippen LogP contribution is 2.17. The maximum absolute atomic E-state index is 10.9. The molecule has 4 nitrogen and oxygen atoms in total. The third kappa shape index (κ3) is 5.17. The Hall–Kier alpha value is -1.10. The van der Waals surface area contributed by atoms with E-state index in [0.717, 1.165) is 5.56 Å². The number of hydrazine groups is 1. The molecule has 0 saturated carbocycles. The van der Waals surface area contributed by atoms with E-state index in [1.165, 1.54) is 0 Å². The third-order valence-electron chi connectivity index (χ3n) is 2.42. The molecule has 0 aliphatic heterocycles. The van der Waals surface area contributed by atoms with Gasteiger partial charge in [0.2, 0.25) is 5.91 Å². The molecular weight excluding hydrogens is 240 g/mol. The van der Waals surface area contributed by atoms with Crippen molar-refractivity contribution in [3.05, 3.63) is 34.9 Å². The van der Waals surface area contributed by atoms with Crippen LogP contribution in [0.25, 0.3) is 0 Å². The molecule has 5 heteroatoms. The van der Waals surface area contributed by atoms with Crippen LogP contribution in [0.2, 0.25) is 5.02 Å². The van der Waals surface area contributed by atoms with Crippen LogP contribution in [0.5, 0.6) is 0 Å². The lowest BCUT2D eigenvalue weighted by molar-refractivity contribution is -0.121. The van der Waals surface area contributed by atoms with Crippen LogP contribution in [-0.2, 0) is 16.1 Å². The van der Waals surface area contributed by atoms with Gasteiger partial charge in [-0.15, -0.1) is 0 Å². The van der Waals surface area contributed by atoms with Crippen molar-refractivity contribution in [2.75, 3.05) is 0 Å². The van der Waals surface area contributed by atoms with Gasteiger partial charge >= 0.3 is 0 Å². The molecule has 0 aliphatic carbocycles. The van der Waals surface area contributed by atoms with E-state index >= 15 is 0 Å². The minimum atomic E-state index is -0.182. The van der Waals surface area contributed by atoms with Crippen molar-refractivity contribution in [3.63, 3.8) is 0 Å². The van der Waals surface area contributed by atoms with Crippen molar-refractivity contribution in [3.8, 4) is 0 Å². The number of nitrogens with two attached hydrogens (primary N) is 1. The predicted octanol–water partition coefficient (Wildman–Crippen LogP) is 2.02. The van der Waals surface area contributed by atoms with Crippen molar-refractivity contribution in [1.82, 2.24) is 5.43 Å². The molecule has 0 saturated heterocycles. The molecule has 0 heterocycles. The number of ether oxygens (including phenoxy) is 1. The van der Waals surface area contributed by atoms with Crippen molar-refractivity contribution in [2.45, 2.75) is 32.5 Å². The van der Waals surface area contributed by atoms with E-state index in [4.69, 9.17) is 22.2 Å². The summed E-state index contributed by atoms with van der Waals surface area (Å²) in [6, 6.07) is 7.53. The van der Waals surface area contributed by atoms with Gasteiger partial charge in [-0.3, -0.25) is 10.2 Å². The lowest BCUT2D eigenvalue weighted by atomic mass is 10.2. The molecule has 0 radical (unpaired) electrons. The second-order valence-corrected chi connectivity index (χ2v) is 4.23. The van der Waals surface area contributed by atoms with E-state index < -0.39 is 0 Å². The Balaban J connectivity index is 2.31. The van der Waals surface area contributed by atoms with E-state index in [1.807, 2.05) is 31.2 Å². The quantitative estimate of drug-likeness (QED) is 0.465. The summed E-state index contributed by atoms with van der Waals surface area (Å²) in [6.45, 7) is 2.37. The standard InChI is InChI=1S/C12H17ClN2O2/c1-9(6-7-12(16)15-14)17-8-10-4-2-3-5-11(10)13/h2-5,9H,6-8,14H2,1H3,(H,15,16). The Labute approximate surface area is 106 Å². The monoisotopic (exact) mass is 256 g/mol. The van der Waals surface area contributed by atoms with Gasteiger partial charge in [0.15, 0.2) is 0 Å². The summed E-state index contributed by atoms with van der Waals surface area (Å²) >= 11 is 6.00. The number of hydrogen-bond acceptors (Lipinski definition) is 3. The minimum absolute atomic E-state index is 0.0106. The summed E-state index contributed by atoms with van der Waals surface area (Å²) in [6.07, 6.45) is 0.983. The highest BCUT2D eigenvalue weighted by molar-refractivity contribution is 6.31. The average Bonchev–Trinajstić information content (AvgIpc) is 2.35. The van der Waals surface area contributed by atoms with E-state index in [-0.39, 0.29) is 12.0 Å². The molecule has 17 heavy (non-hydrogen) atoms. The lowest BCUT2D eigenvalue weighted by Crippen LogP contribution is -2.30. The summed E-state index contributed by atoms with van der Waals surface area (Å²) in [4.78, 5) is 10.9. The number of amides is 1. The van der Waals surface area contributed by atoms with Crippen LogP contribution < -0.4 is 11.3 Å². The van der Waals surface area contributed by atoms with Gasteiger partial charge < -0.3 is 4.74 Å². The van der Waals surface area contributed by atoms with Crippen molar-refractivity contribution in [1.29, 1.82) is 0 Å². The Morgan fingerprint density at radius 2 is 2.24 bits per heavy atom. The first-order chi connectivity index (χ1) is 8.13. The second kappa shape index (κ2) is 7.27. The number of hydrogen-bond donors (Lipinski definition) is 2. The van der Waals surface area contributed by atoms with Gasteiger partial charge in [0.05, 0.1) is 12.7 Å². The number of benzene rings is 1. The second-order valence-electron chi connectivity index (χ2n) is 3.82. The number of carbonyl (C=O) groups excluding carboxylic acids is 1. The van der Waals surface area contributed by atoms with Gasteiger partial charge in [-0.05, 0) is 25.0 Å². The van der Waals surface area contributed by atoms with Crippen LogP contribution in [0.1, 0.15) is 25.3 Å². The maximum Gasteiger partial charge on any atom is 0.233 e. The van der Waals surface area contributed by atoms with Crippen molar-refractivity contribution < 1.29 is 9.53 Å². The number of nitrogens with one attached hydrogen (secondary N) is 1. The fourth-order valence-corrected chi connectivity index (χ4v) is 1.53. The minimum Gasteiger partial charge on any atom is -0.374 e. The van der Waals surface area contributed by atoms with E-state index in [1.54, 1.807) is 0 Å². The number of rotatable bonds is 6. The molecule has 1 unspecified atom stereocenters. The molecule has 0 aromatic heterocycles. The van der Waals surface area contributed by atoms with E-state index in [2.05, 4.69) is 5.43 Å². The summed E-state index contributed by atoms with van der Waals surface area (Å²) in [5.74, 6) is 4.80. The largest absolute Gasteiger partial charge is 0.374 e. The molecule has 1 rings (SSSR count). The molecule has 0 bridgehead atoms. The Bertz CT molecular complexity index is 371. The van der Waals surface area contributed by atoms with Gasteiger partial charge in [0.1, 0.15) is 0 Å². The lowest BCUT2D eigenvalue weighted by Gasteiger charge is -2.13. The first kappa shape index (κ1) is 14.0. The van der Waals surface area contributed by atoms with Gasteiger partial charge in [-0.1, -0.05) is 29.8 Å². The average molecular weight is 257 g/mol. The zero-order chi connectivity index (χ0) is 12.7. The van der Waals surface area contributed by atoms with Crippen LogP contribution in [0.3, 0.4) is 0 Å². The molecule has 1 aromatic rings. The predicted molar refractivity (Wildman–Crippen MR) is 67.3 cm³/mol. The normalized spacial score (nSPS) is 12.2. The third-order valence-corrected chi connectivity index (χ3v) is 2.79. The van der Waals surface area contributed by atoms with Crippen molar-refractivity contribution >= 4 is 17.5 Å².